The summed E-state index contributed by atoms with van der Waals surface area (Å²) in [5.41, 5.74) is 0. The first-order valence-corrected chi connectivity index (χ1v) is 5.14. The van der Waals surface area contributed by atoms with Gasteiger partial charge in [-0.1, -0.05) is 0 Å². The van der Waals surface area contributed by atoms with E-state index in [9.17, 15) is 0 Å². The molecule has 4 heteroatoms. The van der Waals surface area contributed by atoms with Crippen LogP contribution in [-0.2, 0) is 18.9 Å². The van der Waals surface area contributed by atoms with Crippen LogP contribution in [0, 0.1) is 0 Å². The Labute approximate surface area is 85.5 Å². The Bertz CT molecular complexity index is 124. The third-order valence-corrected chi connectivity index (χ3v) is 1.93. The van der Waals surface area contributed by atoms with Gasteiger partial charge in [0.15, 0.2) is 5.79 Å². The van der Waals surface area contributed by atoms with Crippen molar-refractivity contribution in [2.24, 2.45) is 0 Å². The molecule has 0 spiro atoms. The summed E-state index contributed by atoms with van der Waals surface area (Å²) in [5, 5.41) is 0. The molecule has 2 aliphatic heterocycles. The first-order chi connectivity index (χ1) is 6.71. The van der Waals surface area contributed by atoms with Crippen LogP contribution in [0.5, 0.6) is 0 Å². The second-order valence-electron chi connectivity index (χ2n) is 3.74. The van der Waals surface area contributed by atoms with Gasteiger partial charge in [-0.25, -0.2) is 0 Å². The van der Waals surface area contributed by atoms with Crippen molar-refractivity contribution in [3.8, 4) is 0 Å². The molecule has 0 radical (unpaired) electrons. The van der Waals surface area contributed by atoms with Gasteiger partial charge < -0.3 is 18.9 Å². The Morgan fingerprint density at radius 1 is 0.786 bits per heavy atom. The lowest BCUT2D eigenvalue weighted by atomic mass is 10.3. The molecule has 0 unspecified atom stereocenters. The van der Waals surface area contributed by atoms with Gasteiger partial charge in [-0.05, 0) is 26.7 Å². The summed E-state index contributed by atoms with van der Waals surface area (Å²) >= 11 is 0. The van der Waals surface area contributed by atoms with Crippen LogP contribution in [0.15, 0.2) is 0 Å². The number of hydrogen-bond acceptors (Lipinski definition) is 4. The SMILES string of the molecule is C1COCOC1.CC1(C)OCCCO1. The normalized spacial score (nSPS) is 26.1. The minimum Gasteiger partial charge on any atom is -0.355 e. The Kier molecular flexibility index (Phi) is 5.40. The summed E-state index contributed by atoms with van der Waals surface area (Å²) in [5.74, 6) is -0.321. The van der Waals surface area contributed by atoms with E-state index in [4.69, 9.17) is 18.9 Å². The molecule has 0 aliphatic carbocycles. The van der Waals surface area contributed by atoms with Gasteiger partial charge >= 0.3 is 0 Å². The molecule has 0 N–H and O–H groups in total. The van der Waals surface area contributed by atoms with Crippen molar-refractivity contribution < 1.29 is 18.9 Å². The standard InChI is InChI=1S/C6H12O2.C4H8O2/c1-6(2)7-4-3-5-8-6;1-2-5-4-6-3-1/h3-5H2,1-2H3;1-4H2. The fourth-order valence-electron chi connectivity index (χ4n) is 1.18. The minimum atomic E-state index is -0.321. The third-order valence-electron chi connectivity index (χ3n) is 1.93. The van der Waals surface area contributed by atoms with Crippen LogP contribution in [0.2, 0.25) is 0 Å². The number of rotatable bonds is 0. The Morgan fingerprint density at radius 3 is 1.50 bits per heavy atom. The van der Waals surface area contributed by atoms with Crippen molar-refractivity contribution in [3.05, 3.63) is 0 Å². The second-order valence-corrected chi connectivity index (χ2v) is 3.74. The monoisotopic (exact) mass is 204 g/mol. The molecule has 0 aromatic rings. The molecule has 2 saturated heterocycles. The van der Waals surface area contributed by atoms with E-state index in [-0.39, 0.29) is 5.79 Å². The van der Waals surface area contributed by atoms with E-state index in [1.54, 1.807) is 0 Å². The molecule has 0 saturated carbocycles. The zero-order chi connectivity index (χ0) is 10.3. The molecule has 2 aliphatic rings. The van der Waals surface area contributed by atoms with Gasteiger partial charge in [0.2, 0.25) is 0 Å². The van der Waals surface area contributed by atoms with Crippen LogP contribution in [-0.4, -0.2) is 39.0 Å². The van der Waals surface area contributed by atoms with Crippen molar-refractivity contribution in [2.75, 3.05) is 33.2 Å². The van der Waals surface area contributed by atoms with E-state index in [1.807, 2.05) is 13.8 Å². The summed E-state index contributed by atoms with van der Waals surface area (Å²) in [6.45, 7) is 7.80. The van der Waals surface area contributed by atoms with E-state index < -0.39 is 0 Å². The van der Waals surface area contributed by atoms with E-state index in [2.05, 4.69) is 0 Å². The smallest absolute Gasteiger partial charge is 0.162 e. The minimum absolute atomic E-state index is 0.321. The van der Waals surface area contributed by atoms with Crippen LogP contribution in [0.4, 0.5) is 0 Å². The lowest BCUT2D eigenvalue weighted by Crippen LogP contribution is -2.33. The fourth-order valence-corrected chi connectivity index (χ4v) is 1.18. The zero-order valence-electron chi connectivity index (χ0n) is 9.08. The molecule has 0 aromatic carbocycles. The molecular weight excluding hydrogens is 184 g/mol. The molecule has 0 aromatic heterocycles. The third kappa shape index (κ3) is 5.54. The van der Waals surface area contributed by atoms with Crippen molar-refractivity contribution in [3.63, 3.8) is 0 Å². The molecule has 0 atom stereocenters. The van der Waals surface area contributed by atoms with Crippen molar-refractivity contribution in [1.82, 2.24) is 0 Å². The molecule has 14 heavy (non-hydrogen) atoms. The molecule has 2 heterocycles. The van der Waals surface area contributed by atoms with E-state index in [0.29, 0.717) is 6.79 Å². The van der Waals surface area contributed by atoms with Gasteiger partial charge in [0.25, 0.3) is 0 Å². The molecule has 0 amide bonds. The molecule has 2 rings (SSSR count). The van der Waals surface area contributed by atoms with Crippen molar-refractivity contribution in [2.45, 2.75) is 32.5 Å². The Hall–Kier alpha value is -0.160. The van der Waals surface area contributed by atoms with Crippen LogP contribution in [0.1, 0.15) is 26.7 Å². The van der Waals surface area contributed by atoms with Gasteiger partial charge in [0.05, 0.1) is 26.4 Å². The predicted octanol–water partition coefficient (Wildman–Crippen LogP) is 1.54. The second kappa shape index (κ2) is 6.35. The first kappa shape index (κ1) is 11.9. The highest BCUT2D eigenvalue weighted by molar-refractivity contribution is 4.57. The van der Waals surface area contributed by atoms with E-state index in [0.717, 1.165) is 39.3 Å². The number of ether oxygens (including phenoxy) is 4. The van der Waals surface area contributed by atoms with Crippen molar-refractivity contribution in [1.29, 1.82) is 0 Å². The lowest BCUT2D eigenvalue weighted by Gasteiger charge is -2.29. The average Bonchev–Trinajstić information content (AvgIpc) is 2.21. The highest BCUT2D eigenvalue weighted by Gasteiger charge is 2.21. The maximum absolute atomic E-state index is 5.24. The van der Waals surface area contributed by atoms with Crippen LogP contribution < -0.4 is 0 Å². The van der Waals surface area contributed by atoms with E-state index >= 15 is 0 Å². The van der Waals surface area contributed by atoms with Gasteiger partial charge in [-0.15, -0.1) is 0 Å². The highest BCUT2D eigenvalue weighted by Crippen LogP contribution is 2.15. The van der Waals surface area contributed by atoms with Crippen LogP contribution in [0.3, 0.4) is 0 Å². The molecule has 84 valence electrons. The quantitative estimate of drug-likeness (QED) is 0.599. The molecule has 0 bridgehead atoms. The maximum atomic E-state index is 5.24. The predicted molar refractivity (Wildman–Crippen MR) is 52.0 cm³/mol. The molecular formula is C10H20O4. The average molecular weight is 204 g/mol. The van der Waals surface area contributed by atoms with Gasteiger partial charge in [-0.3, -0.25) is 0 Å². The lowest BCUT2D eigenvalue weighted by molar-refractivity contribution is -0.244. The summed E-state index contributed by atoms with van der Waals surface area (Å²) in [6, 6.07) is 0. The Balaban J connectivity index is 0.000000146. The van der Waals surface area contributed by atoms with Gasteiger partial charge in [-0.2, -0.15) is 0 Å². The first-order valence-electron chi connectivity index (χ1n) is 5.14. The van der Waals surface area contributed by atoms with E-state index in [1.165, 1.54) is 0 Å². The fraction of sp³-hybridized carbons (Fsp3) is 1.00. The summed E-state index contributed by atoms with van der Waals surface area (Å²) in [6.07, 6.45) is 2.09. The van der Waals surface area contributed by atoms with Crippen LogP contribution in [0.25, 0.3) is 0 Å². The molecule has 4 nitrogen and oxygen atoms in total. The van der Waals surface area contributed by atoms with Crippen LogP contribution >= 0.6 is 0 Å². The maximum Gasteiger partial charge on any atom is 0.162 e. The van der Waals surface area contributed by atoms with Crippen molar-refractivity contribution >= 4 is 0 Å². The summed E-state index contributed by atoms with van der Waals surface area (Å²) in [7, 11) is 0. The zero-order valence-corrected chi connectivity index (χ0v) is 9.08. The largest absolute Gasteiger partial charge is 0.355 e. The molecule has 2 fully saturated rings. The highest BCUT2D eigenvalue weighted by atomic mass is 16.7. The van der Waals surface area contributed by atoms with Gasteiger partial charge in [0, 0.05) is 0 Å². The topological polar surface area (TPSA) is 36.9 Å². The summed E-state index contributed by atoms with van der Waals surface area (Å²) in [4.78, 5) is 0. The van der Waals surface area contributed by atoms with Gasteiger partial charge in [0.1, 0.15) is 6.79 Å². The number of hydrogen-bond donors (Lipinski definition) is 0. The Morgan fingerprint density at radius 2 is 1.29 bits per heavy atom. The summed E-state index contributed by atoms with van der Waals surface area (Å²) < 4.78 is 20.2.